The second-order valence-corrected chi connectivity index (χ2v) is 21.7. The van der Waals surface area contributed by atoms with Gasteiger partial charge in [0, 0.05) is 19.3 Å². The van der Waals surface area contributed by atoms with E-state index in [-0.39, 0.29) is 31.1 Å². The second kappa shape index (κ2) is 59.0. The summed E-state index contributed by atoms with van der Waals surface area (Å²) < 4.78 is 16.9. The molecule has 1 unspecified atom stereocenters. The Labute approximate surface area is 431 Å². The molecule has 0 aliphatic heterocycles. The number of unbranched alkanes of at least 4 members (excludes halogenated alkanes) is 48. The van der Waals surface area contributed by atoms with E-state index in [1.165, 1.54) is 270 Å². The highest BCUT2D eigenvalue weighted by Gasteiger charge is 2.19. The molecule has 0 heterocycles. The number of carbonyl (C=O) groups is 3. The molecule has 0 rings (SSSR count). The van der Waals surface area contributed by atoms with Crippen molar-refractivity contribution in [3.8, 4) is 0 Å². The minimum absolute atomic E-state index is 0.0605. The topological polar surface area (TPSA) is 78.9 Å². The fourth-order valence-corrected chi connectivity index (χ4v) is 9.86. The van der Waals surface area contributed by atoms with Crippen LogP contribution >= 0.6 is 0 Å². The zero-order valence-electron chi connectivity index (χ0n) is 47.1. The van der Waals surface area contributed by atoms with Gasteiger partial charge in [0.05, 0.1) is 0 Å². The highest BCUT2D eigenvalue weighted by atomic mass is 16.6. The summed E-state index contributed by atoms with van der Waals surface area (Å²) in [5.74, 6) is -0.825. The van der Waals surface area contributed by atoms with Crippen LogP contribution in [0.15, 0.2) is 0 Å². The van der Waals surface area contributed by atoms with Gasteiger partial charge in [-0.05, 0) is 19.3 Å². The van der Waals surface area contributed by atoms with Crippen molar-refractivity contribution in [1.82, 2.24) is 0 Å². The number of esters is 3. The van der Waals surface area contributed by atoms with Gasteiger partial charge < -0.3 is 14.2 Å². The lowest BCUT2D eigenvalue weighted by atomic mass is 10.0. The van der Waals surface area contributed by atoms with Crippen molar-refractivity contribution in [3.63, 3.8) is 0 Å². The fourth-order valence-electron chi connectivity index (χ4n) is 9.86. The molecule has 0 aromatic heterocycles. The maximum atomic E-state index is 12.9. The predicted molar refractivity (Wildman–Crippen MR) is 298 cm³/mol. The SMILES string of the molecule is CCCCCCCCCCCCCCCCCCCCCC(=O)OCC(COC(=O)CCCCCCCCCCCCCCCCC)OC(=O)CCCCCCCCCCCCCCCCCCC. The summed E-state index contributed by atoms with van der Waals surface area (Å²) in [7, 11) is 0. The van der Waals surface area contributed by atoms with Gasteiger partial charge in [0.25, 0.3) is 0 Å². The maximum Gasteiger partial charge on any atom is 0.306 e. The van der Waals surface area contributed by atoms with Crippen LogP contribution in [-0.2, 0) is 28.6 Å². The van der Waals surface area contributed by atoms with E-state index in [1.807, 2.05) is 0 Å². The van der Waals surface area contributed by atoms with Gasteiger partial charge in [0.15, 0.2) is 6.10 Å². The van der Waals surface area contributed by atoms with E-state index < -0.39 is 6.10 Å². The molecule has 1 atom stereocenters. The van der Waals surface area contributed by atoms with Crippen LogP contribution < -0.4 is 0 Å². The molecule has 6 nitrogen and oxygen atoms in total. The molecule has 0 aromatic carbocycles. The third-order valence-corrected chi connectivity index (χ3v) is 14.6. The standard InChI is InChI=1S/C63H122O6/c1-4-7-10-13-16-19-22-25-28-30-31-33-35-38-41-44-47-50-53-56-62(65)68-59-60(58-67-61(64)55-52-49-46-43-40-37-34-27-24-21-18-15-12-9-6-3)69-63(66)57-54-51-48-45-42-39-36-32-29-26-23-20-17-14-11-8-5-2/h60H,4-59H2,1-3H3. The van der Waals surface area contributed by atoms with Gasteiger partial charge in [-0.25, -0.2) is 0 Å². The molecule has 0 aliphatic rings. The van der Waals surface area contributed by atoms with Gasteiger partial charge in [-0.1, -0.05) is 329 Å². The van der Waals surface area contributed by atoms with Gasteiger partial charge in [-0.2, -0.15) is 0 Å². The van der Waals surface area contributed by atoms with Crippen molar-refractivity contribution >= 4 is 17.9 Å². The zero-order chi connectivity index (χ0) is 50.0. The Hall–Kier alpha value is -1.59. The minimum Gasteiger partial charge on any atom is -0.462 e. The molecule has 0 spiro atoms. The van der Waals surface area contributed by atoms with Gasteiger partial charge in [0.1, 0.15) is 13.2 Å². The van der Waals surface area contributed by atoms with Crippen LogP contribution in [0.4, 0.5) is 0 Å². The van der Waals surface area contributed by atoms with Crippen molar-refractivity contribution in [1.29, 1.82) is 0 Å². The third kappa shape index (κ3) is 57.2. The first-order valence-electron chi connectivity index (χ1n) is 31.5. The summed E-state index contributed by atoms with van der Waals surface area (Å²) in [4.78, 5) is 38.3. The van der Waals surface area contributed by atoms with Crippen LogP contribution in [0, 0.1) is 0 Å². The smallest absolute Gasteiger partial charge is 0.306 e. The molecule has 0 saturated carbocycles. The maximum absolute atomic E-state index is 12.9. The van der Waals surface area contributed by atoms with Gasteiger partial charge in [0.2, 0.25) is 0 Å². The molecule has 0 fully saturated rings. The Morgan fingerprint density at radius 2 is 0.391 bits per heavy atom. The largest absolute Gasteiger partial charge is 0.462 e. The number of ether oxygens (including phenoxy) is 3. The van der Waals surface area contributed by atoms with E-state index in [0.29, 0.717) is 19.3 Å². The number of hydrogen-bond donors (Lipinski definition) is 0. The quantitative estimate of drug-likeness (QED) is 0.0343. The first-order chi connectivity index (χ1) is 34.0. The van der Waals surface area contributed by atoms with Crippen LogP contribution in [0.1, 0.15) is 367 Å². The monoisotopic (exact) mass is 975 g/mol. The van der Waals surface area contributed by atoms with Crippen LogP contribution in [-0.4, -0.2) is 37.2 Å². The predicted octanol–water partition coefficient (Wildman–Crippen LogP) is 21.1. The minimum atomic E-state index is -0.762. The summed E-state index contributed by atoms with van der Waals surface area (Å²) in [5, 5.41) is 0. The average Bonchev–Trinajstić information content (AvgIpc) is 3.35. The summed E-state index contributed by atoms with van der Waals surface area (Å²) in [6, 6.07) is 0. The number of hydrogen-bond acceptors (Lipinski definition) is 6. The van der Waals surface area contributed by atoms with Crippen molar-refractivity contribution < 1.29 is 28.6 Å². The Morgan fingerprint density at radius 3 is 0.580 bits per heavy atom. The number of carbonyl (C=O) groups excluding carboxylic acids is 3. The summed E-state index contributed by atoms with van der Waals surface area (Å²) in [5.41, 5.74) is 0. The van der Waals surface area contributed by atoms with Crippen molar-refractivity contribution in [2.45, 2.75) is 374 Å². The van der Waals surface area contributed by atoms with Crippen molar-refractivity contribution in [2.24, 2.45) is 0 Å². The van der Waals surface area contributed by atoms with Gasteiger partial charge in [-0.3, -0.25) is 14.4 Å². The Morgan fingerprint density at radius 1 is 0.232 bits per heavy atom. The highest BCUT2D eigenvalue weighted by molar-refractivity contribution is 5.71. The molecule has 0 saturated heterocycles. The second-order valence-electron chi connectivity index (χ2n) is 21.7. The Kier molecular flexibility index (Phi) is 57.6. The highest BCUT2D eigenvalue weighted by Crippen LogP contribution is 2.18. The zero-order valence-corrected chi connectivity index (χ0v) is 47.1. The van der Waals surface area contributed by atoms with Gasteiger partial charge >= 0.3 is 17.9 Å². The van der Waals surface area contributed by atoms with E-state index in [0.717, 1.165) is 57.8 Å². The normalized spacial score (nSPS) is 11.9. The lowest BCUT2D eigenvalue weighted by Gasteiger charge is -2.18. The summed E-state index contributed by atoms with van der Waals surface area (Å²) in [6.45, 7) is 6.73. The van der Waals surface area contributed by atoms with E-state index in [4.69, 9.17) is 14.2 Å². The van der Waals surface area contributed by atoms with Crippen molar-refractivity contribution in [3.05, 3.63) is 0 Å². The molecule has 0 amide bonds. The summed E-state index contributed by atoms with van der Waals surface area (Å²) in [6.07, 6.45) is 66.7. The first kappa shape index (κ1) is 67.4. The van der Waals surface area contributed by atoms with Gasteiger partial charge in [-0.15, -0.1) is 0 Å². The van der Waals surface area contributed by atoms with E-state index >= 15 is 0 Å². The van der Waals surface area contributed by atoms with Crippen molar-refractivity contribution in [2.75, 3.05) is 13.2 Å². The number of rotatable bonds is 59. The molecule has 0 radical (unpaired) electrons. The molecular formula is C63H122O6. The van der Waals surface area contributed by atoms with E-state index in [9.17, 15) is 14.4 Å². The molecule has 69 heavy (non-hydrogen) atoms. The van der Waals surface area contributed by atoms with E-state index in [2.05, 4.69) is 20.8 Å². The van der Waals surface area contributed by atoms with Crippen LogP contribution in [0.3, 0.4) is 0 Å². The molecule has 0 N–H and O–H groups in total. The Bertz CT molecular complexity index is 1030. The first-order valence-corrected chi connectivity index (χ1v) is 31.5. The molecule has 0 aromatic rings. The summed E-state index contributed by atoms with van der Waals surface area (Å²) >= 11 is 0. The lowest BCUT2D eigenvalue weighted by molar-refractivity contribution is -0.167. The molecule has 410 valence electrons. The molecule has 0 bridgehead atoms. The third-order valence-electron chi connectivity index (χ3n) is 14.6. The Balaban J connectivity index is 4.27. The lowest BCUT2D eigenvalue weighted by Crippen LogP contribution is -2.30. The van der Waals surface area contributed by atoms with Crippen LogP contribution in [0.5, 0.6) is 0 Å². The molecule has 0 aliphatic carbocycles. The van der Waals surface area contributed by atoms with Crippen LogP contribution in [0.2, 0.25) is 0 Å². The van der Waals surface area contributed by atoms with Crippen LogP contribution in [0.25, 0.3) is 0 Å². The fraction of sp³-hybridized carbons (Fsp3) is 0.952. The molecule has 6 heteroatoms. The average molecular weight is 976 g/mol. The molecular weight excluding hydrogens is 853 g/mol. The van der Waals surface area contributed by atoms with E-state index in [1.54, 1.807) is 0 Å².